The molecule has 12 heavy (non-hydrogen) atoms. The van der Waals surface area contributed by atoms with Crippen molar-refractivity contribution in [3.05, 3.63) is 22.8 Å². The number of hydrogen-bond acceptors (Lipinski definition) is 1. The Hall–Kier alpha value is -0.760. The standard InChI is InChI=1S/C9H9ClO2/c10-8-4-5-3-7(5)6(8)1-2-9(11)12/h1-2,5,7H,3-4H2,(H,11,12). The first kappa shape index (κ1) is 7.87. The first-order valence-electron chi connectivity index (χ1n) is 3.98. The summed E-state index contributed by atoms with van der Waals surface area (Å²) in [7, 11) is 0. The van der Waals surface area contributed by atoms with Crippen LogP contribution in [0.3, 0.4) is 0 Å². The lowest BCUT2D eigenvalue weighted by atomic mass is 10.2. The highest BCUT2D eigenvalue weighted by Crippen LogP contribution is 2.56. The Kier molecular flexibility index (Phi) is 1.72. The molecule has 0 aromatic heterocycles. The zero-order chi connectivity index (χ0) is 8.72. The second kappa shape index (κ2) is 2.63. The number of carbonyl (C=O) groups is 1. The van der Waals surface area contributed by atoms with Crippen molar-refractivity contribution in [2.75, 3.05) is 0 Å². The van der Waals surface area contributed by atoms with E-state index in [1.165, 1.54) is 12.5 Å². The van der Waals surface area contributed by atoms with Crippen LogP contribution in [-0.4, -0.2) is 11.1 Å². The van der Waals surface area contributed by atoms with E-state index in [1.54, 1.807) is 6.08 Å². The third kappa shape index (κ3) is 1.27. The van der Waals surface area contributed by atoms with Gasteiger partial charge in [-0.1, -0.05) is 17.7 Å². The minimum atomic E-state index is -0.906. The van der Waals surface area contributed by atoms with Gasteiger partial charge in [0.25, 0.3) is 0 Å². The second-order valence-electron chi connectivity index (χ2n) is 3.34. The lowest BCUT2D eigenvalue weighted by Gasteiger charge is -1.95. The molecule has 2 atom stereocenters. The van der Waals surface area contributed by atoms with Crippen LogP contribution in [0.25, 0.3) is 0 Å². The lowest BCUT2D eigenvalue weighted by Crippen LogP contribution is -1.88. The molecule has 0 radical (unpaired) electrons. The van der Waals surface area contributed by atoms with Gasteiger partial charge >= 0.3 is 5.97 Å². The molecule has 0 saturated heterocycles. The van der Waals surface area contributed by atoms with Crippen LogP contribution in [0, 0.1) is 11.8 Å². The number of rotatable bonds is 2. The molecule has 0 bridgehead atoms. The predicted octanol–water partition coefficient (Wildman–Crippen LogP) is 2.16. The van der Waals surface area contributed by atoms with Gasteiger partial charge in [0.15, 0.2) is 0 Å². The summed E-state index contributed by atoms with van der Waals surface area (Å²) in [5, 5.41) is 9.26. The van der Waals surface area contributed by atoms with Crippen molar-refractivity contribution in [1.82, 2.24) is 0 Å². The maximum atomic E-state index is 10.2. The van der Waals surface area contributed by atoms with Gasteiger partial charge < -0.3 is 5.11 Å². The lowest BCUT2D eigenvalue weighted by molar-refractivity contribution is -0.131. The van der Waals surface area contributed by atoms with E-state index in [1.807, 2.05) is 0 Å². The normalized spacial score (nSPS) is 32.8. The van der Waals surface area contributed by atoms with Gasteiger partial charge in [0.1, 0.15) is 0 Å². The number of allylic oxidation sites excluding steroid dienone is 3. The number of aliphatic carboxylic acids is 1. The van der Waals surface area contributed by atoms with Crippen molar-refractivity contribution in [1.29, 1.82) is 0 Å². The van der Waals surface area contributed by atoms with E-state index in [0.717, 1.165) is 17.0 Å². The summed E-state index contributed by atoms with van der Waals surface area (Å²) in [6, 6.07) is 0. The third-order valence-electron chi connectivity index (χ3n) is 2.48. The van der Waals surface area contributed by atoms with E-state index >= 15 is 0 Å². The molecule has 0 aromatic rings. The van der Waals surface area contributed by atoms with E-state index in [2.05, 4.69) is 0 Å². The summed E-state index contributed by atoms with van der Waals surface area (Å²) < 4.78 is 0. The Bertz CT molecular complexity index is 291. The Morgan fingerprint density at radius 3 is 2.92 bits per heavy atom. The fraction of sp³-hybridized carbons (Fsp3) is 0.444. The van der Waals surface area contributed by atoms with Gasteiger partial charge in [-0.2, -0.15) is 0 Å². The monoisotopic (exact) mass is 184 g/mol. The smallest absolute Gasteiger partial charge is 0.328 e. The summed E-state index contributed by atoms with van der Waals surface area (Å²) >= 11 is 5.92. The van der Waals surface area contributed by atoms with Gasteiger partial charge in [-0.05, 0) is 30.3 Å². The van der Waals surface area contributed by atoms with Crippen molar-refractivity contribution in [2.24, 2.45) is 11.8 Å². The SMILES string of the molecule is O=C(O)C=CC1=C(Cl)CC2CC12. The Morgan fingerprint density at radius 2 is 2.42 bits per heavy atom. The molecule has 2 aliphatic carbocycles. The van der Waals surface area contributed by atoms with Crippen LogP contribution in [0.15, 0.2) is 22.8 Å². The van der Waals surface area contributed by atoms with E-state index < -0.39 is 5.97 Å². The van der Waals surface area contributed by atoms with Crippen molar-refractivity contribution < 1.29 is 9.90 Å². The molecule has 2 nitrogen and oxygen atoms in total. The molecule has 3 heteroatoms. The van der Waals surface area contributed by atoms with Crippen LogP contribution >= 0.6 is 11.6 Å². The van der Waals surface area contributed by atoms with Gasteiger partial charge in [0.05, 0.1) is 0 Å². The topological polar surface area (TPSA) is 37.3 Å². The molecule has 1 N–H and O–H groups in total. The predicted molar refractivity (Wildman–Crippen MR) is 45.9 cm³/mol. The number of halogens is 1. The summed E-state index contributed by atoms with van der Waals surface area (Å²) in [5.41, 5.74) is 1.05. The van der Waals surface area contributed by atoms with Gasteiger partial charge in [-0.15, -0.1) is 0 Å². The molecule has 0 spiro atoms. The highest BCUT2D eigenvalue weighted by molar-refractivity contribution is 6.30. The first-order chi connectivity index (χ1) is 5.68. The minimum Gasteiger partial charge on any atom is -0.478 e. The molecule has 0 amide bonds. The van der Waals surface area contributed by atoms with Gasteiger partial charge in [0.2, 0.25) is 0 Å². The van der Waals surface area contributed by atoms with Crippen LogP contribution in [0.1, 0.15) is 12.8 Å². The zero-order valence-electron chi connectivity index (χ0n) is 6.46. The third-order valence-corrected chi connectivity index (χ3v) is 2.85. The van der Waals surface area contributed by atoms with Gasteiger partial charge in [-0.3, -0.25) is 0 Å². The molecule has 1 saturated carbocycles. The second-order valence-corrected chi connectivity index (χ2v) is 3.79. The van der Waals surface area contributed by atoms with Crippen molar-refractivity contribution >= 4 is 17.6 Å². The molecule has 1 fully saturated rings. The average Bonchev–Trinajstić information content (AvgIpc) is 2.62. The first-order valence-corrected chi connectivity index (χ1v) is 4.36. The zero-order valence-corrected chi connectivity index (χ0v) is 7.21. The molecular weight excluding hydrogens is 176 g/mol. The molecule has 2 unspecified atom stereocenters. The van der Waals surface area contributed by atoms with Crippen LogP contribution in [0.2, 0.25) is 0 Å². The van der Waals surface area contributed by atoms with Crippen molar-refractivity contribution in [3.63, 3.8) is 0 Å². The van der Waals surface area contributed by atoms with E-state index in [4.69, 9.17) is 16.7 Å². The van der Waals surface area contributed by atoms with Gasteiger partial charge in [-0.25, -0.2) is 4.79 Å². The number of carboxylic acid groups (broad SMARTS) is 1. The highest BCUT2D eigenvalue weighted by Gasteiger charge is 2.45. The number of fused-ring (bicyclic) bond motifs is 1. The average molecular weight is 185 g/mol. The van der Waals surface area contributed by atoms with Crippen molar-refractivity contribution in [2.45, 2.75) is 12.8 Å². The van der Waals surface area contributed by atoms with Crippen LogP contribution in [0.5, 0.6) is 0 Å². The Balaban J connectivity index is 2.12. The Labute approximate surface area is 75.5 Å². The molecule has 64 valence electrons. The molecular formula is C9H9ClO2. The molecule has 0 aliphatic heterocycles. The van der Waals surface area contributed by atoms with Crippen LogP contribution in [-0.2, 0) is 4.79 Å². The molecule has 2 aliphatic rings. The Morgan fingerprint density at radius 1 is 1.67 bits per heavy atom. The molecule has 0 heterocycles. The van der Waals surface area contributed by atoms with Crippen LogP contribution in [0.4, 0.5) is 0 Å². The van der Waals surface area contributed by atoms with E-state index in [-0.39, 0.29) is 0 Å². The van der Waals surface area contributed by atoms with Crippen LogP contribution < -0.4 is 0 Å². The van der Waals surface area contributed by atoms with Gasteiger partial charge in [0, 0.05) is 11.1 Å². The summed E-state index contributed by atoms with van der Waals surface area (Å²) in [6.07, 6.45) is 4.95. The fourth-order valence-electron chi connectivity index (χ4n) is 1.78. The fourth-order valence-corrected chi connectivity index (χ4v) is 2.18. The number of carboxylic acids is 1. The molecule has 0 aromatic carbocycles. The quantitative estimate of drug-likeness (QED) is 0.668. The maximum Gasteiger partial charge on any atom is 0.328 e. The largest absolute Gasteiger partial charge is 0.478 e. The number of hydrogen-bond donors (Lipinski definition) is 1. The van der Waals surface area contributed by atoms with E-state index in [9.17, 15) is 4.79 Å². The maximum absolute atomic E-state index is 10.2. The summed E-state index contributed by atoms with van der Waals surface area (Å²) in [5.74, 6) is 0.370. The van der Waals surface area contributed by atoms with E-state index in [0.29, 0.717) is 11.8 Å². The highest BCUT2D eigenvalue weighted by atomic mass is 35.5. The van der Waals surface area contributed by atoms with Crippen molar-refractivity contribution in [3.8, 4) is 0 Å². The summed E-state index contributed by atoms with van der Waals surface area (Å²) in [4.78, 5) is 10.2. The molecule has 2 rings (SSSR count). The minimum absolute atomic E-state index is 0.563. The summed E-state index contributed by atoms with van der Waals surface area (Å²) in [6.45, 7) is 0.